The predicted molar refractivity (Wildman–Crippen MR) is 43.3 cm³/mol. The smallest absolute Gasteiger partial charge is 1.00 e. The van der Waals surface area contributed by atoms with Crippen molar-refractivity contribution >= 4 is 0 Å². The average molecular weight is 160 g/mol. The second-order valence-electron chi connectivity index (χ2n) is 2.75. The van der Waals surface area contributed by atoms with Gasteiger partial charge < -0.3 is 6.53 Å². The molecule has 0 saturated heterocycles. The Balaban J connectivity index is 0. The Kier molecular flexibility index (Phi) is 4.82. The van der Waals surface area contributed by atoms with E-state index in [1.165, 1.54) is 5.56 Å². The molecule has 1 aromatic carbocycles. The van der Waals surface area contributed by atoms with Crippen molar-refractivity contribution in [2.24, 2.45) is 0 Å². The van der Waals surface area contributed by atoms with Gasteiger partial charge in [-0.3, -0.25) is 0 Å². The van der Waals surface area contributed by atoms with Crippen LogP contribution in [0.25, 0.3) is 0 Å². The van der Waals surface area contributed by atoms with E-state index in [-0.39, 0.29) is 31.0 Å². The van der Waals surface area contributed by atoms with Crippen LogP contribution in [0.15, 0.2) is 24.3 Å². The number of phenols is 1. The van der Waals surface area contributed by atoms with E-state index in [9.17, 15) is 0 Å². The fraction of sp³-hybridized carbons (Fsp3) is 0.333. The van der Waals surface area contributed by atoms with Crippen LogP contribution in [0, 0.1) is 0 Å². The molecule has 0 unspecified atom stereocenters. The largest absolute Gasteiger partial charge is 1.00 e. The quantitative estimate of drug-likeness (QED) is 0.556. The molecule has 56 valence electrons. The molecule has 0 aliphatic carbocycles. The third kappa shape index (κ3) is 3.28. The SMILES string of the molecule is CC(C)c1ccc(O)cc1.[H-].[Na+]. The molecule has 0 saturated carbocycles. The van der Waals surface area contributed by atoms with Gasteiger partial charge in [-0.05, 0) is 23.6 Å². The molecule has 11 heavy (non-hydrogen) atoms. The van der Waals surface area contributed by atoms with E-state index < -0.39 is 0 Å². The van der Waals surface area contributed by atoms with Gasteiger partial charge in [0.1, 0.15) is 5.75 Å². The summed E-state index contributed by atoms with van der Waals surface area (Å²) in [4.78, 5) is 0. The van der Waals surface area contributed by atoms with Crippen LogP contribution in [-0.2, 0) is 0 Å². The van der Waals surface area contributed by atoms with Gasteiger partial charge in [0.15, 0.2) is 0 Å². The van der Waals surface area contributed by atoms with E-state index in [0.29, 0.717) is 11.7 Å². The van der Waals surface area contributed by atoms with Crippen molar-refractivity contribution in [3.05, 3.63) is 29.8 Å². The minimum absolute atomic E-state index is 0. The number of benzene rings is 1. The Hall–Kier alpha value is 0.0200. The molecule has 0 aliphatic heterocycles. The molecule has 0 bridgehead atoms. The zero-order valence-electron chi connectivity index (χ0n) is 8.33. The number of rotatable bonds is 1. The molecular formula is C9H13NaO. The molecule has 1 nitrogen and oxygen atoms in total. The van der Waals surface area contributed by atoms with E-state index in [2.05, 4.69) is 13.8 Å². The summed E-state index contributed by atoms with van der Waals surface area (Å²) >= 11 is 0. The molecule has 0 fully saturated rings. The molecule has 0 aromatic heterocycles. The number of hydrogen-bond donors (Lipinski definition) is 1. The van der Waals surface area contributed by atoms with Gasteiger partial charge in [0.25, 0.3) is 0 Å². The van der Waals surface area contributed by atoms with Crippen LogP contribution in [0.3, 0.4) is 0 Å². The second-order valence-corrected chi connectivity index (χ2v) is 2.75. The van der Waals surface area contributed by atoms with Crippen molar-refractivity contribution in [2.75, 3.05) is 0 Å². The first kappa shape index (κ1) is 11.0. The van der Waals surface area contributed by atoms with Crippen LogP contribution >= 0.6 is 0 Å². The van der Waals surface area contributed by atoms with Gasteiger partial charge in [0, 0.05) is 0 Å². The zero-order valence-corrected chi connectivity index (χ0v) is 9.33. The van der Waals surface area contributed by atoms with Crippen LogP contribution in [0.2, 0.25) is 0 Å². The van der Waals surface area contributed by atoms with Gasteiger partial charge >= 0.3 is 29.6 Å². The topological polar surface area (TPSA) is 20.2 Å². The molecule has 0 radical (unpaired) electrons. The van der Waals surface area contributed by atoms with Crippen molar-refractivity contribution in [3.8, 4) is 5.75 Å². The summed E-state index contributed by atoms with van der Waals surface area (Å²) in [5.41, 5.74) is 1.26. The van der Waals surface area contributed by atoms with Gasteiger partial charge in [-0.1, -0.05) is 26.0 Å². The number of aromatic hydroxyl groups is 1. The minimum Gasteiger partial charge on any atom is -1.00 e. The summed E-state index contributed by atoms with van der Waals surface area (Å²) < 4.78 is 0. The molecule has 1 aromatic rings. The van der Waals surface area contributed by atoms with Gasteiger partial charge in [-0.2, -0.15) is 0 Å². The summed E-state index contributed by atoms with van der Waals surface area (Å²) in [6, 6.07) is 7.32. The van der Waals surface area contributed by atoms with Crippen LogP contribution in [0.4, 0.5) is 0 Å². The first-order chi connectivity index (χ1) is 4.70. The van der Waals surface area contributed by atoms with E-state index in [0.717, 1.165) is 0 Å². The zero-order chi connectivity index (χ0) is 7.56. The van der Waals surface area contributed by atoms with Crippen LogP contribution in [0.1, 0.15) is 26.8 Å². The first-order valence-corrected chi connectivity index (χ1v) is 3.49. The molecule has 1 rings (SSSR count). The van der Waals surface area contributed by atoms with Crippen molar-refractivity contribution in [1.82, 2.24) is 0 Å². The van der Waals surface area contributed by atoms with Gasteiger partial charge in [0.2, 0.25) is 0 Å². The summed E-state index contributed by atoms with van der Waals surface area (Å²) in [6.07, 6.45) is 0. The van der Waals surface area contributed by atoms with Crippen molar-refractivity contribution in [1.29, 1.82) is 0 Å². The summed E-state index contributed by atoms with van der Waals surface area (Å²) in [7, 11) is 0. The third-order valence-electron chi connectivity index (χ3n) is 1.56. The average Bonchev–Trinajstić information content (AvgIpc) is 1.88. The van der Waals surface area contributed by atoms with Gasteiger partial charge in [-0.15, -0.1) is 0 Å². The predicted octanol–water partition coefficient (Wildman–Crippen LogP) is -0.368. The summed E-state index contributed by atoms with van der Waals surface area (Å²) in [6.45, 7) is 4.26. The van der Waals surface area contributed by atoms with Crippen LogP contribution < -0.4 is 29.6 Å². The Bertz CT molecular complexity index is 208. The molecule has 0 spiro atoms. The van der Waals surface area contributed by atoms with E-state index in [4.69, 9.17) is 5.11 Å². The minimum atomic E-state index is 0. The number of hydrogen-bond acceptors (Lipinski definition) is 1. The van der Waals surface area contributed by atoms with E-state index >= 15 is 0 Å². The van der Waals surface area contributed by atoms with Crippen LogP contribution in [-0.4, -0.2) is 5.11 Å². The van der Waals surface area contributed by atoms with Crippen molar-refractivity contribution < 1.29 is 36.1 Å². The van der Waals surface area contributed by atoms with E-state index in [1.54, 1.807) is 12.1 Å². The molecular weight excluding hydrogens is 147 g/mol. The molecule has 0 amide bonds. The molecule has 0 heterocycles. The Labute approximate surface area is 91.2 Å². The fourth-order valence-corrected chi connectivity index (χ4v) is 0.859. The molecule has 0 atom stereocenters. The molecule has 0 aliphatic rings. The van der Waals surface area contributed by atoms with E-state index in [1.807, 2.05) is 12.1 Å². The monoisotopic (exact) mass is 160 g/mol. The Morgan fingerprint density at radius 1 is 1.18 bits per heavy atom. The fourth-order valence-electron chi connectivity index (χ4n) is 0.859. The maximum absolute atomic E-state index is 8.94. The third-order valence-corrected chi connectivity index (χ3v) is 1.56. The van der Waals surface area contributed by atoms with Gasteiger partial charge in [0.05, 0.1) is 0 Å². The molecule has 2 heteroatoms. The first-order valence-electron chi connectivity index (χ1n) is 3.49. The standard InChI is InChI=1S/C9H12O.Na.H/c1-7(2)8-3-5-9(10)6-4-8;;/h3-7,10H,1-2H3;;/q;+1;-1. The van der Waals surface area contributed by atoms with Crippen molar-refractivity contribution in [3.63, 3.8) is 0 Å². The van der Waals surface area contributed by atoms with Crippen LogP contribution in [0.5, 0.6) is 5.75 Å². The number of phenolic OH excluding ortho intramolecular Hbond substituents is 1. The Morgan fingerprint density at radius 3 is 2.00 bits per heavy atom. The molecule has 1 N–H and O–H groups in total. The summed E-state index contributed by atoms with van der Waals surface area (Å²) in [5.74, 6) is 0.880. The van der Waals surface area contributed by atoms with Gasteiger partial charge in [-0.25, -0.2) is 0 Å². The maximum atomic E-state index is 8.94. The normalized spacial score (nSPS) is 9.36. The second kappa shape index (κ2) is 4.81. The Morgan fingerprint density at radius 2 is 1.64 bits per heavy atom. The van der Waals surface area contributed by atoms with Crippen molar-refractivity contribution in [2.45, 2.75) is 19.8 Å². The maximum Gasteiger partial charge on any atom is 1.00 e. The summed E-state index contributed by atoms with van der Waals surface area (Å²) in [5, 5.41) is 8.94.